The van der Waals surface area contributed by atoms with Crippen molar-refractivity contribution in [1.82, 2.24) is 0 Å². The van der Waals surface area contributed by atoms with Crippen molar-refractivity contribution in [2.45, 2.75) is 84.0 Å². The van der Waals surface area contributed by atoms with Crippen LogP contribution in [0.5, 0.6) is 0 Å². The number of hydrogen-bond acceptors (Lipinski definition) is 2. The summed E-state index contributed by atoms with van der Waals surface area (Å²) in [4.78, 5) is 0. The summed E-state index contributed by atoms with van der Waals surface area (Å²) in [5.74, 6) is 5.06. The molecule has 2 nitrogen and oxygen atoms in total. The van der Waals surface area contributed by atoms with E-state index in [-0.39, 0.29) is 6.10 Å². The predicted molar refractivity (Wildman–Crippen MR) is 81.8 cm³/mol. The molecule has 0 aliphatic carbocycles. The minimum absolute atomic E-state index is 0.0268. The third-order valence-electron chi connectivity index (χ3n) is 2.79. The van der Waals surface area contributed by atoms with Crippen LogP contribution < -0.4 is 0 Å². The van der Waals surface area contributed by atoms with Crippen molar-refractivity contribution < 1.29 is 9.84 Å². The molecule has 0 aromatic heterocycles. The first-order valence-electron chi connectivity index (χ1n) is 7.46. The van der Waals surface area contributed by atoms with Gasteiger partial charge in [0.2, 0.25) is 0 Å². The van der Waals surface area contributed by atoms with E-state index >= 15 is 0 Å². The summed E-state index contributed by atoms with van der Waals surface area (Å²) in [6.45, 7) is 9.21. The third kappa shape index (κ3) is 13.5. The molecule has 1 unspecified atom stereocenters. The second-order valence-electron chi connectivity index (χ2n) is 5.44. The first-order chi connectivity index (χ1) is 8.99. The maximum atomic E-state index is 9.74. The molecule has 2 heteroatoms. The molecule has 19 heavy (non-hydrogen) atoms. The smallest absolute Gasteiger partial charge is 0.160 e. The average Bonchev–Trinajstić information content (AvgIpc) is 2.32. The SMILES string of the molecule is C=CCC#CCC(CCCCCCC)OC(C)(C)O. The Balaban J connectivity index is 4.04. The zero-order valence-electron chi connectivity index (χ0n) is 12.9. The standard InChI is InChI=1S/C17H30O2/c1-5-7-9-11-13-15-16(19-17(3,4)18)14-12-10-8-6-2/h6,16,18H,2,5,7-9,11,13-15H2,1,3-4H3. The Hall–Kier alpha value is -0.780. The number of ether oxygens (including phenoxy) is 1. The summed E-state index contributed by atoms with van der Waals surface area (Å²) in [6.07, 6.45) is 10.4. The van der Waals surface area contributed by atoms with E-state index in [1.807, 2.05) is 0 Å². The van der Waals surface area contributed by atoms with E-state index < -0.39 is 5.79 Å². The summed E-state index contributed by atoms with van der Waals surface area (Å²) >= 11 is 0. The molecule has 0 amide bonds. The average molecular weight is 266 g/mol. The zero-order valence-corrected chi connectivity index (χ0v) is 12.9. The van der Waals surface area contributed by atoms with Crippen LogP contribution in [0.1, 0.15) is 72.1 Å². The van der Waals surface area contributed by atoms with Gasteiger partial charge in [-0.3, -0.25) is 0 Å². The Morgan fingerprint density at radius 2 is 1.89 bits per heavy atom. The molecule has 0 fully saturated rings. The van der Waals surface area contributed by atoms with Crippen molar-refractivity contribution in [3.63, 3.8) is 0 Å². The lowest BCUT2D eigenvalue weighted by Gasteiger charge is -2.25. The van der Waals surface area contributed by atoms with Crippen LogP contribution in [0.3, 0.4) is 0 Å². The van der Waals surface area contributed by atoms with E-state index in [4.69, 9.17) is 4.74 Å². The molecule has 110 valence electrons. The van der Waals surface area contributed by atoms with Gasteiger partial charge in [-0.25, -0.2) is 0 Å². The summed E-state index contributed by atoms with van der Waals surface area (Å²) in [5, 5.41) is 9.74. The monoisotopic (exact) mass is 266 g/mol. The van der Waals surface area contributed by atoms with Gasteiger partial charge in [-0.2, -0.15) is 0 Å². The van der Waals surface area contributed by atoms with Gasteiger partial charge in [0, 0.05) is 12.8 Å². The van der Waals surface area contributed by atoms with E-state index in [9.17, 15) is 5.11 Å². The molecule has 0 saturated heterocycles. The molecule has 0 rings (SSSR count). The number of hydrogen-bond donors (Lipinski definition) is 1. The van der Waals surface area contributed by atoms with Crippen LogP contribution in [-0.4, -0.2) is 17.0 Å². The molecule has 0 bridgehead atoms. The normalized spacial score (nSPS) is 12.6. The third-order valence-corrected chi connectivity index (χ3v) is 2.79. The van der Waals surface area contributed by atoms with Crippen LogP contribution >= 0.6 is 0 Å². The lowest BCUT2D eigenvalue weighted by atomic mass is 10.1. The second kappa shape index (κ2) is 11.1. The van der Waals surface area contributed by atoms with E-state index in [0.29, 0.717) is 12.8 Å². The zero-order chi connectivity index (χ0) is 14.6. The Labute approximate surface area is 119 Å². The van der Waals surface area contributed by atoms with Gasteiger partial charge in [-0.05, 0) is 20.3 Å². The molecule has 0 spiro atoms. The van der Waals surface area contributed by atoms with Crippen LogP contribution in [0, 0.1) is 11.8 Å². The lowest BCUT2D eigenvalue weighted by molar-refractivity contribution is -0.205. The molecule has 0 saturated carbocycles. The summed E-state index contributed by atoms with van der Waals surface area (Å²) in [7, 11) is 0. The van der Waals surface area contributed by atoms with Crippen LogP contribution in [0.4, 0.5) is 0 Å². The first kappa shape index (κ1) is 18.2. The highest BCUT2D eigenvalue weighted by Crippen LogP contribution is 2.17. The van der Waals surface area contributed by atoms with E-state index in [1.165, 1.54) is 25.7 Å². The minimum atomic E-state index is -1.08. The fraction of sp³-hybridized carbons (Fsp3) is 0.765. The van der Waals surface area contributed by atoms with Crippen molar-refractivity contribution in [3.05, 3.63) is 12.7 Å². The van der Waals surface area contributed by atoms with Crippen molar-refractivity contribution in [1.29, 1.82) is 0 Å². The molecule has 1 N–H and O–H groups in total. The number of unbranched alkanes of at least 4 members (excludes halogenated alkanes) is 4. The van der Waals surface area contributed by atoms with Crippen LogP contribution in [0.15, 0.2) is 12.7 Å². The number of rotatable bonds is 10. The molecule has 0 aliphatic heterocycles. The van der Waals surface area contributed by atoms with Crippen LogP contribution in [0.25, 0.3) is 0 Å². The van der Waals surface area contributed by atoms with Gasteiger partial charge in [0.25, 0.3) is 0 Å². The van der Waals surface area contributed by atoms with E-state index in [2.05, 4.69) is 25.3 Å². The van der Waals surface area contributed by atoms with Gasteiger partial charge >= 0.3 is 0 Å². The molecule has 0 heterocycles. The molecule has 0 aromatic carbocycles. The van der Waals surface area contributed by atoms with Gasteiger partial charge in [-0.1, -0.05) is 51.0 Å². The van der Waals surface area contributed by atoms with Gasteiger partial charge in [0.1, 0.15) is 0 Å². The minimum Gasteiger partial charge on any atom is -0.366 e. The van der Waals surface area contributed by atoms with Crippen molar-refractivity contribution >= 4 is 0 Å². The number of aliphatic hydroxyl groups is 1. The highest BCUT2D eigenvalue weighted by Gasteiger charge is 2.19. The summed E-state index contributed by atoms with van der Waals surface area (Å²) in [6, 6.07) is 0. The van der Waals surface area contributed by atoms with Gasteiger partial charge in [-0.15, -0.1) is 12.5 Å². The Kier molecular flexibility index (Phi) is 10.6. The summed E-state index contributed by atoms with van der Waals surface area (Å²) in [5.41, 5.74) is 0. The predicted octanol–water partition coefficient (Wildman–Crippen LogP) is 4.43. The molecule has 1 atom stereocenters. The van der Waals surface area contributed by atoms with Crippen molar-refractivity contribution in [2.75, 3.05) is 0 Å². The first-order valence-corrected chi connectivity index (χ1v) is 7.46. The topological polar surface area (TPSA) is 29.5 Å². The molecular weight excluding hydrogens is 236 g/mol. The van der Waals surface area contributed by atoms with Crippen molar-refractivity contribution in [3.8, 4) is 11.8 Å². The Morgan fingerprint density at radius 1 is 1.21 bits per heavy atom. The largest absolute Gasteiger partial charge is 0.366 e. The quantitative estimate of drug-likeness (QED) is 0.274. The van der Waals surface area contributed by atoms with E-state index in [1.54, 1.807) is 19.9 Å². The van der Waals surface area contributed by atoms with Crippen LogP contribution in [-0.2, 0) is 4.74 Å². The maximum Gasteiger partial charge on any atom is 0.160 e. The Morgan fingerprint density at radius 3 is 2.47 bits per heavy atom. The maximum absolute atomic E-state index is 9.74. The van der Waals surface area contributed by atoms with E-state index in [0.717, 1.165) is 12.8 Å². The van der Waals surface area contributed by atoms with Gasteiger partial charge in [0.15, 0.2) is 5.79 Å². The molecular formula is C17H30O2. The lowest BCUT2D eigenvalue weighted by Crippen LogP contribution is -2.30. The van der Waals surface area contributed by atoms with Gasteiger partial charge in [0.05, 0.1) is 6.10 Å². The van der Waals surface area contributed by atoms with Gasteiger partial charge < -0.3 is 9.84 Å². The fourth-order valence-electron chi connectivity index (χ4n) is 1.92. The van der Waals surface area contributed by atoms with Crippen molar-refractivity contribution in [2.24, 2.45) is 0 Å². The Bertz CT molecular complexity index is 278. The van der Waals surface area contributed by atoms with Crippen LogP contribution in [0.2, 0.25) is 0 Å². The molecule has 0 radical (unpaired) electrons. The summed E-state index contributed by atoms with van der Waals surface area (Å²) < 4.78 is 5.65. The molecule has 0 aromatic rings. The molecule has 0 aliphatic rings. The highest BCUT2D eigenvalue weighted by atomic mass is 16.6. The highest BCUT2D eigenvalue weighted by molar-refractivity contribution is 5.04. The second-order valence-corrected chi connectivity index (χ2v) is 5.44. The fourth-order valence-corrected chi connectivity index (χ4v) is 1.92. The number of allylic oxidation sites excluding steroid dienone is 1.